The van der Waals surface area contributed by atoms with Gasteiger partial charge >= 0.3 is 0 Å². The Morgan fingerprint density at radius 2 is 2.00 bits per heavy atom. The lowest BCUT2D eigenvalue weighted by Gasteiger charge is -2.09. The van der Waals surface area contributed by atoms with Crippen molar-refractivity contribution in [3.8, 4) is 6.07 Å². The molecule has 19 heavy (non-hydrogen) atoms. The van der Waals surface area contributed by atoms with E-state index in [1.54, 1.807) is 36.4 Å². The summed E-state index contributed by atoms with van der Waals surface area (Å²) in [6.07, 6.45) is 0. The third-order valence-electron chi connectivity index (χ3n) is 2.60. The minimum atomic E-state index is -0.511. The predicted molar refractivity (Wildman–Crippen MR) is 74.9 cm³/mol. The fourth-order valence-electron chi connectivity index (χ4n) is 1.63. The number of nitriles is 1. The Morgan fingerprint density at radius 1 is 1.21 bits per heavy atom. The number of rotatable bonds is 3. The van der Waals surface area contributed by atoms with Gasteiger partial charge in [0.25, 0.3) is 0 Å². The summed E-state index contributed by atoms with van der Waals surface area (Å²) in [7, 11) is 0. The first kappa shape index (κ1) is 13.7. The molecular weight excluding hydrogens is 286 g/mol. The molecule has 0 saturated heterocycles. The summed E-state index contributed by atoms with van der Waals surface area (Å²) in [4.78, 5) is 0. The van der Waals surface area contributed by atoms with Crippen LogP contribution < -0.4 is 5.32 Å². The van der Waals surface area contributed by atoms with Crippen LogP contribution in [0.5, 0.6) is 0 Å². The standard InChI is InChI=1S/C14H9Cl2FN2/c15-11-4-5-13(12(16)6-11)19-8-10-3-1-2-9(7-18)14(10)17/h1-6,19H,8H2. The van der Waals surface area contributed by atoms with Crippen LogP contribution >= 0.6 is 23.2 Å². The van der Waals surface area contributed by atoms with Gasteiger partial charge in [-0.15, -0.1) is 0 Å². The molecule has 0 spiro atoms. The Balaban J connectivity index is 2.17. The lowest BCUT2D eigenvalue weighted by Crippen LogP contribution is -2.03. The van der Waals surface area contributed by atoms with Crippen LogP contribution in [-0.2, 0) is 6.54 Å². The number of nitrogens with one attached hydrogen (secondary N) is 1. The monoisotopic (exact) mass is 294 g/mol. The van der Waals surface area contributed by atoms with Crippen LogP contribution in [0, 0.1) is 17.1 Å². The first-order valence-electron chi connectivity index (χ1n) is 5.48. The van der Waals surface area contributed by atoms with Crippen molar-refractivity contribution in [1.29, 1.82) is 5.26 Å². The van der Waals surface area contributed by atoms with Crippen LogP contribution in [0.4, 0.5) is 10.1 Å². The molecule has 0 heterocycles. The zero-order valence-corrected chi connectivity index (χ0v) is 11.3. The maximum Gasteiger partial charge on any atom is 0.145 e. The molecule has 0 aliphatic rings. The van der Waals surface area contributed by atoms with Crippen molar-refractivity contribution >= 4 is 28.9 Å². The Kier molecular flexibility index (Phi) is 4.26. The highest BCUT2D eigenvalue weighted by Crippen LogP contribution is 2.26. The minimum Gasteiger partial charge on any atom is -0.380 e. The lowest BCUT2D eigenvalue weighted by atomic mass is 10.1. The van der Waals surface area contributed by atoms with E-state index in [1.807, 2.05) is 0 Å². The zero-order chi connectivity index (χ0) is 13.8. The topological polar surface area (TPSA) is 35.8 Å². The maximum absolute atomic E-state index is 13.8. The van der Waals surface area contributed by atoms with Crippen LogP contribution in [0.3, 0.4) is 0 Å². The molecule has 5 heteroatoms. The van der Waals surface area contributed by atoms with Crippen molar-refractivity contribution in [2.75, 3.05) is 5.32 Å². The van der Waals surface area contributed by atoms with E-state index >= 15 is 0 Å². The van der Waals surface area contributed by atoms with Gasteiger partial charge in [0.05, 0.1) is 16.3 Å². The summed E-state index contributed by atoms with van der Waals surface area (Å²) < 4.78 is 13.8. The number of benzene rings is 2. The van der Waals surface area contributed by atoms with Gasteiger partial charge in [0.15, 0.2) is 0 Å². The van der Waals surface area contributed by atoms with E-state index in [9.17, 15) is 4.39 Å². The molecule has 2 aromatic rings. The average molecular weight is 295 g/mol. The number of halogens is 3. The van der Waals surface area contributed by atoms with Crippen LogP contribution in [-0.4, -0.2) is 0 Å². The van der Waals surface area contributed by atoms with Gasteiger partial charge in [0.2, 0.25) is 0 Å². The Hall–Kier alpha value is -1.76. The van der Waals surface area contributed by atoms with Gasteiger partial charge < -0.3 is 5.32 Å². The summed E-state index contributed by atoms with van der Waals surface area (Å²) in [6, 6.07) is 11.5. The molecule has 2 rings (SSSR count). The van der Waals surface area contributed by atoms with E-state index in [1.165, 1.54) is 6.07 Å². The maximum atomic E-state index is 13.8. The van der Waals surface area contributed by atoms with Crippen molar-refractivity contribution in [3.63, 3.8) is 0 Å². The third-order valence-corrected chi connectivity index (χ3v) is 3.15. The fourth-order valence-corrected chi connectivity index (χ4v) is 2.10. The van der Waals surface area contributed by atoms with Gasteiger partial charge in [-0.25, -0.2) is 4.39 Å². The van der Waals surface area contributed by atoms with E-state index in [0.29, 0.717) is 21.3 Å². The smallest absolute Gasteiger partial charge is 0.145 e. The molecule has 2 nitrogen and oxygen atoms in total. The summed E-state index contributed by atoms with van der Waals surface area (Å²) in [5.74, 6) is -0.511. The van der Waals surface area contributed by atoms with E-state index in [-0.39, 0.29) is 12.1 Å². The largest absolute Gasteiger partial charge is 0.380 e. The second-order valence-electron chi connectivity index (χ2n) is 3.87. The Morgan fingerprint density at radius 3 is 2.68 bits per heavy atom. The van der Waals surface area contributed by atoms with Gasteiger partial charge in [0, 0.05) is 17.1 Å². The molecule has 0 aromatic heterocycles. The SMILES string of the molecule is N#Cc1cccc(CNc2ccc(Cl)cc2Cl)c1F. The normalized spacial score (nSPS) is 10.0. The van der Waals surface area contributed by atoms with Crippen LogP contribution in [0.25, 0.3) is 0 Å². The number of anilines is 1. The molecule has 0 amide bonds. The molecule has 0 fully saturated rings. The molecular formula is C14H9Cl2FN2. The lowest BCUT2D eigenvalue weighted by molar-refractivity contribution is 0.609. The summed E-state index contributed by atoms with van der Waals surface area (Å²) in [5.41, 5.74) is 1.10. The quantitative estimate of drug-likeness (QED) is 0.897. The van der Waals surface area contributed by atoms with Crippen LogP contribution in [0.1, 0.15) is 11.1 Å². The number of nitrogens with zero attached hydrogens (tertiary/aromatic N) is 1. The van der Waals surface area contributed by atoms with Crippen molar-refractivity contribution in [3.05, 3.63) is 63.4 Å². The zero-order valence-electron chi connectivity index (χ0n) is 9.75. The molecule has 0 aliphatic heterocycles. The Bertz CT molecular complexity index is 650. The highest BCUT2D eigenvalue weighted by molar-refractivity contribution is 6.36. The number of hydrogen-bond donors (Lipinski definition) is 1. The predicted octanol–water partition coefficient (Wildman–Crippen LogP) is 4.62. The van der Waals surface area contributed by atoms with Crippen LogP contribution in [0.15, 0.2) is 36.4 Å². The first-order chi connectivity index (χ1) is 9.11. The van der Waals surface area contributed by atoms with E-state index in [4.69, 9.17) is 28.5 Å². The third kappa shape index (κ3) is 3.17. The summed E-state index contributed by atoms with van der Waals surface area (Å²) in [5, 5.41) is 12.8. The van der Waals surface area contributed by atoms with Gasteiger partial charge in [0.1, 0.15) is 11.9 Å². The van der Waals surface area contributed by atoms with Gasteiger partial charge in [-0.1, -0.05) is 35.3 Å². The number of hydrogen-bond acceptors (Lipinski definition) is 2. The van der Waals surface area contributed by atoms with Gasteiger partial charge in [-0.05, 0) is 24.3 Å². The van der Waals surface area contributed by atoms with Crippen molar-refractivity contribution in [1.82, 2.24) is 0 Å². The molecule has 0 bridgehead atoms. The van der Waals surface area contributed by atoms with E-state index in [0.717, 1.165) is 0 Å². The minimum absolute atomic E-state index is 0.0292. The van der Waals surface area contributed by atoms with Crippen LogP contribution in [0.2, 0.25) is 10.0 Å². The molecule has 1 N–H and O–H groups in total. The van der Waals surface area contributed by atoms with Gasteiger partial charge in [-0.2, -0.15) is 5.26 Å². The summed E-state index contributed by atoms with van der Waals surface area (Å²) >= 11 is 11.8. The molecule has 0 aliphatic carbocycles. The highest BCUT2D eigenvalue weighted by atomic mass is 35.5. The van der Waals surface area contributed by atoms with Crippen molar-refractivity contribution in [2.45, 2.75) is 6.54 Å². The first-order valence-corrected chi connectivity index (χ1v) is 6.24. The van der Waals surface area contributed by atoms with Crippen molar-refractivity contribution < 1.29 is 4.39 Å². The van der Waals surface area contributed by atoms with E-state index < -0.39 is 5.82 Å². The fraction of sp³-hybridized carbons (Fsp3) is 0.0714. The van der Waals surface area contributed by atoms with Crippen molar-refractivity contribution in [2.24, 2.45) is 0 Å². The average Bonchev–Trinajstić information content (AvgIpc) is 2.39. The Labute approximate surface area is 120 Å². The molecule has 0 saturated carbocycles. The molecule has 96 valence electrons. The summed E-state index contributed by atoms with van der Waals surface area (Å²) in [6.45, 7) is 0.239. The molecule has 2 aromatic carbocycles. The van der Waals surface area contributed by atoms with Gasteiger partial charge in [-0.3, -0.25) is 0 Å². The highest BCUT2D eigenvalue weighted by Gasteiger charge is 2.08. The second kappa shape index (κ2) is 5.92. The van der Waals surface area contributed by atoms with E-state index in [2.05, 4.69) is 5.32 Å². The molecule has 0 atom stereocenters. The molecule has 0 unspecified atom stereocenters. The second-order valence-corrected chi connectivity index (χ2v) is 4.71. The molecule has 0 radical (unpaired) electrons.